The number of hydrogen-bond donors (Lipinski definition) is 2. The van der Waals surface area contributed by atoms with Crippen LogP contribution in [0, 0.1) is 6.92 Å². The van der Waals surface area contributed by atoms with Crippen molar-refractivity contribution in [1.29, 1.82) is 0 Å². The number of benzene rings is 2. The van der Waals surface area contributed by atoms with E-state index in [-0.39, 0.29) is 18.2 Å². The number of likely N-dealkylation sites (tertiary alicyclic amines) is 1. The van der Waals surface area contributed by atoms with Crippen molar-refractivity contribution < 1.29 is 19.1 Å². The average Bonchev–Trinajstić information content (AvgIpc) is 3.13. The molecular weight excluding hydrogens is 647 g/mol. The highest BCUT2D eigenvalue weighted by Crippen LogP contribution is 2.32. The highest BCUT2D eigenvalue weighted by atomic mass is 79.9. The van der Waals surface area contributed by atoms with Crippen molar-refractivity contribution in [3.63, 3.8) is 0 Å². The van der Waals surface area contributed by atoms with E-state index >= 15 is 0 Å². The average molecular weight is 682 g/mol. The summed E-state index contributed by atoms with van der Waals surface area (Å²) in [5, 5.41) is 11.9. The number of urea groups is 1. The second-order valence-corrected chi connectivity index (χ2v) is 12.9. The van der Waals surface area contributed by atoms with Gasteiger partial charge in [-0.1, -0.05) is 45.2 Å². The van der Waals surface area contributed by atoms with E-state index in [1.165, 1.54) is 0 Å². The van der Waals surface area contributed by atoms with Crippen molar-refractivity contribution in [2.24, 2.45) is 7.05 Å². The lowest BCUT2D eigenvalue weighted by Gasteiger charge is -2.40. The number of ether oxygens (including phenoxy) is 2. The molecule has 42 heavy (non-hydrogen) atoms. The summed E-state index contributed by atoms with van der Waals surface area (Å²) in [6, 6.07) is 10.5. The first-order valence-corrected chi connectivity index (χ1v) is 14.9. The molecule has 0 unspecified atom stereocenters. The van der Waals surface area contributed by atoms with Gasteiger partial charge in [0.15, 0.2) is 0 Å². The molecule has 3 amide bonds. The topological polar surface area (TPSA) is 101 Å². The molecule has 4 rings (SSSR count). The Morgan fingerprint density at radius 1 is 1.12 bits per heavy atom. The molecule has 226 valence electrons. The Bertz CT molecular complexity index is 1470. The summed E-state index contributed by atoms with van der Waals surface area (Å²) in [5.41, 5.74) is 2.08. The van der Waals surface area contributed by atoms with Gasteiger partial charge in [-0.25, -0.2) is 9.59 Å². The minimum absolute atomic E-state index is 0.0606. The lowest BCUT2D eigenvalue weighted by Crippen LogP contribution is -2.58. The van der Waals surface area contributed by atoms with Gasteiger partial charge < -0.3 is 29.9 Å². The first-order chi connectivity index (χ1) is 19.7. The van der Waals surface area contributed by atoms with Crippen LogP contribution in [-0.2, 0) is 24.9 Å². The fraction of sp³-hybridized carbons (Fsp3) is 0.414. The normalized spacial score (nSPS) is 13.4. The van der Waals surface area contributed by atoms with Crippen LogP contribution in [0.1, 0.15) is 37.6 Å². The summed E-state index contributed by atoms with van der Waals surface area (Å²) in [5.74, 6) is 1.99. The van der Waals surface area contributed by atoms with Crippen LogP contribution in [0.4, 0.5) is 15.4 Å². The zero-order valence-corrected chi connectivity index (χ0v) is 27.5. The number of carbonyl (C=O) groups excluding carboxylic acids is 2. The van der Waals surface area contributed by atoms with Crippen LogP contribution in [0.15, 0.2) is 40.9 Å². The van der Waals surface area contributed by atoms with Crippen LogP contribution < -0.4 is 15.4 Å². The number of nitrogens with zero attached hydrogens (tertiary/aromatic N) is 4. The molecule has 1 saturated heterocycles. The second-order valence-electron chi connectivity index (χ2n) is 11.2. The minimum atomic E-state index is -0.533. The van der Waals surface area contributed by atoms with Crippen molar-refractivity contribution in [3.05, 3.63) is 67.7 Å². The molecule has 2 heterocycles. The van der Waals surface area contributed by atoms with Crippen LogP contribution in [0.2, 0.25) is 10.0 Å². The summed E-state index contributed by atoms with van der Waals surface area (Å²) >= 11 is 15.6. The minimum Gasteiger partial charge on any atom is -0.457 e. The number of nitrogens with one attached hydrogen (secondary N) is 2. The molecule has 0 atom stereocenters. The first kappa shape index (κ1) is 31.8. The molecule has 0 spiro atoms. The van der Waals surface area contributed by atoms with Gasteiger partial charge in [0.1, 0.15) is 22.9 Å². The summed E-state index contributed by atoms with van der Waals surface area (Å²) < 4.78 is 13.9. The SMILES string of the molecule is Cc1nn(C)c(NC2CN(C(=O)OC(C)(C)C)C2)c1CNC(=O)N(C)Cc1ccc(Oc2ccc(Cl)c(Cl)c2)cc1Br. The molecule has 0 bridgehead atoms. The molecule has 2 N–H and O–H groups in total. The predicted molar refractivity (Wildman–Crippen MR) is 168 cm³/mol. The van der Waals surface area contributed by atoms with Crippen molar-refractivity contribution in [2.45, 2.75) is 52.4 Å². The highest BCUT2D eigenvalue weighted by molar-refractivity contribution is 9.10. The van der Waals surface area contributed by atoms with E-state index in [1.54, 1.807) is 39.7 Å². The molecule has 2 aromatic carbocycles. The Balaban J connectivity index is 1.31. The van der Waals surface area contributed by atoms with E-state index in [4.69, 9.17) is 32.7 Å². The van der Waals surface area contributed by atoms with Gasteiger partial charge in [-0.15, -0.1) is 0 Å². The number of hydrogen-bond acceptors (Lipinski definition) is 6. The maximum atomic E-state index is 13.0. The molecule has 0 radical (unpaired) electrons. The number of aromatic nitrogens is 2. The van der Waals surface area contributed by atoms with E-state index in [1.807, 2.05) is 52.9 Å². The third-order valence-electron chi connectivity index (χ3n) is 6.54. The maximum absolute atomic E-state index is 13.0. The number of halogens is 3. The number of anilines is 1. The molecular formula is C29H35BrCl2N6O4. The van der Waals surface area contributed by atoms with Gasteiger partial charge in [-0.2, -0.15) is 5.10 Å². The smallest absolute Gasteiger partial charge is 0.410 e. The van der Waals surface area contributed by atoms with Crippen molar-refractivity contribution in [3.8, 4) is 11.5 Å². The monoisotopic (exact) mass is 680 g/mol. The predicted octanol–water partition coefficient (Wildman–Crippen LogP) is 6.96. The third kappa shape index (κ3) is 8.02. The molecule has 1 aliphatic heterocycles. The third-order valence-corrected chi connectivity index (χ3v) is 8.02. The van der Waals surface area contributed by atoms with Crippen molar-refractivity contribution in [1.82, 2.24) is 24.9 Å². The zero-order valence-electron chi connectivity index (χ0n) is 24.4. The van der Waals surface area contributed by atoms with Crippen LogP contribution >= 0.6 is 39.1 Å². The van der Waals surface area contributed by atoms with Gasteiger partial charge in [0.25, 0.3) is 0 Å². The molecule has 1 fully saturated rings. The number of aryl methyl sites for hydroxylation is 2. The Morgan fingerprint density at radius 2 is 1.79 bits per heavy atom. The number of carbonyl (C=O) groups is 2. The zero-order chi connectivity index (χ0) is 30.8. The molecule has 1 aliphatic rings. The lowest BCUT2D eigenvalue weighted by atomic mass is 10.1. The molecule has 0 aliphatic carbocycles. The molecule has 3 aromatic rings. The van der Waals surface area contributed by atoms with E-state index in [2.05, 4.69) is 31.7 Å². The number of amides is 3. The Labute approximate surface area is 264 Å². The Kier molecular flexibility index (Phi) is 9.84. The fourth-order valence-corrected chi connectivity index (χ4v) is 5.13. The summed E-state index contributed by atoms with van der Waals surface area (Å²) in [4.78, 5) is 28.5. The van der Waals surface area contributed by atoms with Gasteiger partial charge in [0, 0.05) is 49.8 Å². The van der Waals surface area contributed by atoms with Crippen LogP contribution in [-0.4, -0.2) is 63.5 Å². The molecule has 13 heteroatoms. The largest absolute Gasteiger partial charge is 0.457 e. The molecule has 0 saturated carbocycles. The van der Waals surface area contributed by atoms with Gasteiger partial charge in [-0.3, -0.25) is 4.68 Å². The Hall–Kier alpha value is -3.15. The van der Waals surface area contributed by atoms with E-state index in [0.717, 1.165) is 27.1 Å². The Morgan fingerprint density at radius 3 is 2.43 bits per heavy atom. The number of rotatable bonds is 8. The van der Waals surface area contributed by atoms with Crippen molar-refractivity contribution >= 4 is 57.1 Å². The summed E-state index contributed by atoms with van der Waals surface area (Å²) in [6.45, 7) is 9.18. The maximum Gasteiger partial charge on any atom is 0.410 e. The quantitative estimate of drug-likeness (QED) is 0.267. The summed E-state index contributed by atoms with van der Waals surface area (Å²) in [6.07, 6.45) is -0.322. The molecule has 10 nitrogen and oxygen atoms in total. The van der Waals surface area contributed by atoms with Crippen LogP contribution in [0.3, 0.4) is 0 Å². The van der Waals surface area contributed by atoms with E-state index < -0.39 is 5.60 Å². The standard InChI is InChI=1S/C29H35BrCl2N6O4/c1-17-22(26(37(6)35-17)34-19-15-38(16-19)28(40)42-29(2,3)4)13-33-27(39)36(5)14-18-7-8-20(11-23(18)30)41-21-9-10-24(31)25(32)12-21/h7-12,19,34H,13-16H2,1-6H3,(H,33,39). The van der Waals surface area contributed by atoms with Crippen LogP contribution in [0.25, 0.3) is 0 Å². The summed E-state index contributed by atoms with van der Waals surface area (Å²) in [7, 11) is 3.58. The highest BCUT2D eigenvalue weighted by Gasteiger charge is 2.34. The fourth-order valence-electron chi connectivity index (χ4n) is 4.36. The van der Waals surface area contributed by atoms with Crippen molar-refractivity contribution in [2.75, 3.05) is 25.5 Å². The molecule has 1 aromatic heterocycles. The van der Waals surface area contributed by atoms with Gasteiger partial charge in [-0.05, 0) is 57.5 Å². The lowest BCUT2D eigenvalue weighted by molar-refractivity contribution is 0.0104. The van der Waals surface area contributed by atoms with E-state index in [0.29, 0.717) is 47.7 Å². The van der Waals surface area contributed by atoms with Gasteiger partial charge in [0.2, 0.25) is 0 Å². The second kappa shape index (κ2) is 13.0. The van der Waals surface area contributed by atoms with Gasteiger partial charge in [0.05, 0.1) is 28.3 Å². The van der Waals surface area contributed by atoms with Gasteiger partial charge >= 0.3 is 12.1 Å². The van der Waals surface area contributed by atoms with Crippen LogP contribution in [0.5, 0.6) is 11.5 Å². The van der Waals surface area contributed by atoms with E-state index in [9.17, 15) is 9.59 Å². The first-order valence-electron chi connectivity index (χ1n) is 13.4.